The van der Waals surface area contributed by atoms with E-state index in [0.717, 1.165) is 22.4 Å². The predicted molar refractivity (Wildman–Crippen MR) is 80.4 cm³/mol. The van der Waals surface area contributed by atoms with E-state index in [1.165, 1.54) is 0 Å². The van der Waals surface area contributed by atoms with Gasteiger partial charge in [0.2, 0.25) is 0 Å². The van der Waals surface area contributed by atoms with Gasteiger partial charge in [0, 0.05) is 29.6 Å². The molecule has 0 N–H and O–H groups in total. The SMILES string of the molecule is Cc1ccncc1-c1cc(Cl)nc(-c2ccccc2)n1. The molecule has 2 aromatic heterocycles. The molecule has 0 spiro atoms. The fraction of sp³-hybridized carbons (Fsp3) is 0.0625. The molecule has 0 unspecified atom stereocenters. The Hall–Kier alpha value is -2.26. The summed E-state index contributed by atoms with van der Waals surface area (Å²) in [6, 6.07) is 13.5. The minimum Gasteiger partial charge on any atom is -0.264 e. The molecule has 4 heteroatoms. The van der Waals surface area contributed by atoms with E-state index in [-0.39, 0.29) is 0 Å². The number of hydrogen-bond donors (Lipinski definition) is 0. The van der Waals surface area contributed by atoms with Crippen LogP contribution < -0.4 is 0 Å². The van der Waals surface area contributed by atoms with Crippen LogP contribution in [0.4, 0.5) is 0 Å². The quantitative estimate of drug-likeness (QED) is 0.662. The first-order chi connectivity index (χ1) is 9.74. The van der Waals surface area contributed by atoms with Gasteiger partial charge in [-0.05, 0) is 18.6 Å². The molecule has 3 rings (SSSR count). The molecule has 3 aromatic rings. The number of rotatable bonds is 2. The number of aryl methyl sites for hydroxylation is 1. The Bertz CT molecular complexity index is 742. The summed E-state index contributed by atoms with van der Waals surface area (Å²) in [7, 11) is 0. The van der Waals surface area contributed by atoms with Crippen molar-refractivity contribution >= 4 is 11.6 Å². The number of hydrogen-bond acceptors (Lipinski definition) is 3. The summed E-state index contributed by atoms with van der Waals surface area (Å²) in [5, 5.41) is 0.428. The van der Waals surface area contributed by atoms with Gasteiger partial charge >= 0.3 is 0 Å². The maximum atomic E-state index is 6.13. The Labute approximate surface area is 122 Å². The molecular formula is C16H12ClN3. The Morgan fingerprint density at radius 1 is 1.00 bits per heavy atom. The van der Waals surface area contributed by atoms with Crippen LogP contribution in [0.15, 0.2) is 54.9 Å². The molecule has 0 amide bonds. The Kier molecular flexibility index (Phi) is 3.44. The number of halogens is 1. The van der Waals surface area contributed by atoms with Crippen molar-refractivity contribution in [3.05, 3.63) is 65.6 Å². The van der Waals surface area contributed by atoms with Crippen molar-refractivity contribution in [2.45, 2.75) is 6.92 Å². The van der Waals surface area contributed by atoms with E-state index in [1.54, 1.807) is 18.5 Å². The molecule has 0 aliphatic heterocycles. The third-order valence-corrected chi connectivity index (χ3v) is 3.24. The van der Waals surface area contributed by atoms with Crippen molar-refractivity contribution in [1.82, 2.24) is 15.0 Å². The fourth-order valence-corrected chi connectivity index (χ4v) is 2.19. The number of nitrogens with zero attached hydrogens (tertiary/aromatic N) is 3. The summed E-state index contributed by atoms with van der Waals surface area (Å²) in [4.78, 5) is 13.0. The van der Waals surface area contributed by atoms with E-state index in [2.05, 4.69) is 15.0 Å². The van der Waals surface area contributed by atoms with E-state index in [0.29, 0.717) is 11.0 Å². The molecule has 0 radical (unpaired) electrons. The third-order valence-electron chi connectivity index (χ3n) is 3.04. The van der Waals surface area contributed by atoms with Gasteiger partial charge in [-0.1, -0.05) is 41.9 Å². The highest BCUT2D eigenvalue weighted by Gasteiger charge is 2.09. The van der Waals surface area contributed by atoms with Gasteiger partial charge in [0.25, 0.3) is 0 Å². The minimum absolute atomic E-state index is 0.428. The summed E-state index contributed by atoms with van der Waals surface area (Å²) < 4.78 is 0. The van der Waals surface area contributed by atoms with Gasteiger partial charge in [0.15, 0.2) is 5.82 Å². The first-order valence-corrected chi connectivity index (χ1v) is 6.63. The molecule has 0 saturated heterocycles. The maximum absolute atomic E-state index is 6.13. The first-order valence-electron chi connectivity index (χ1n) is 6.25. The smallest absolute Gasteiger partial charge is 0.161 e. The average molecular weight is 282 g/mol. The van der Waals surface area contributed by atoms with Crippen LogP contribution >= 0.6 is 11.6 Å². The van der Waals surface area contributed by atoms with Crippen LogP contribution in [0.25, 0.3) is 22.6 Å². The topological polar surface area (TPSA) is 38.7 Å². The highest BCUT2D eigenvalue weighted by Crippen LogP contribution is 2.25. The van der Waals surface area contributed by atoms with Gasteiger partial charge in [-0.25, -0.2) is 9.97 Å². The molecule has 2 heterocycles. The molecular weight excluding hydrogens is 270 g/mol. The second-order valence-electron chi connectivity index (χ2n) is 4.46. The largest absolute Gasteiger partial charge is 0.264 e. The van der Waals surface area contributed by atoms with E-state index >= 15 is 0 Å². The van der Waals surface area contributed by atoms with Gasteiger partial charge in [0.1, 0.15) is 5.15 Å². The van der Waals surface area contributed by atoms with E-state index in [4.69, 9.17) is 11.6 Å². The monoisotopic (exact) mass is 281 g/mol. The summed E-state index contributed by atoms with van der Waals surface area (Å²) in [5.41, 5.74) is 3.80. The summed E-state index contributed by atoms with van der Waals surface area (Å²) >= 11 is 6.13. The Morgan fingerprint density at radius 2 is 1.80 bits per heavy atom. The van der Waals surface area contributed by atoms with Crippen LogP contribution in [0.2, 0.25) is 5.15 Å². The van der Waals surface area contributed by atoms with Crippen molar-refractivity contribution < 1.29 is 0 Å². The molecule has 1 aromatic carbocycles. The number of benzene rings is 1. The molecule has 0 aliphatic rings. The summed E-state index contributed by atoms with van der Waals surface area (Å²) in [6.45, 7) is 2.02. The highest BCUT2D eigenvalue weighted by molar-refractivity contribution is 6.29. The van der Waals surface area contributed by atoms with E-state index in [1.807, 2.05) is 43.3 Å². The predicted octanol–water partition coefficient (Wildman–Crippen LogP) is 4.17. The van der Waals surface area contributed by atoms with E-state index in [9.17, 15) is 0 Å². The summed E-state index contributed by atoms with van der Waals surface area (Å²) in [5.74, 6) is 0.622. The average Bonchev–Trinajstić information content (AvgIpc) is 2.48. The molecule has 0 aliphatic carbocycles. The molecule has 20 heavy (non-hydrogen) atoms. The van der Waals surface area contributed by atoms with Crippen LogP contribution in [0.5, 0.6) is 0 Å². The van der Waals surface area contributed by atoms with Crippen molar-refractivity contribution in [1.29, 1.82) is 0 Å². The molecule has 3 nitrogen and oxygen atoms in total. The minimum atomic E-state index is 0.428. The van der Waals surface area contributed by atoms with Gasteiger partial charge in [-0.15, -0.1) is 0 Å². The molecule has 0 atom stereocenters. The van der Waals surface area contributed by atoms with Crippen LogP contribution in [-0.4, -0.2) is 15.0 Å². The zero-order valence-corrected chi connectivity index (χ0v) is 11.7. The third kappa shape index (κ3) is 2.53. The first kappa shape index (κ1) is 12.8. The molecule has 0 saturated carbocycles. The van der Waals surface area contributed by atoms with Gasteiger partial charge in [0.05, 0.1) is 5.69 Å². The van der Waals surface area contributed by atoms with Gasteiger partial charge in [-0.2, -0.15) is 0 Å². The highest BCUT2D eigenvalue weighted by atomic mass is 35.5. The standard InChI is InChI=1S/C16H12ClN3/c1-11-7-8-18-10-13(11)14-9-15(17)20-16(19-14)12-5-3-2-4-6-12/h2-10H,1H3. The lowest BCUT2D eigenvalue weighted by atomic mass is 10.1. The Morgan fingerprint density at radius 3 is 2.55 bits per heavy atom. The van der Waals surface area contributed by atoms with E-state index < -0.39 is 0 Å². The summed E-state index contributed by atoms with van der Waals surface area (Å²) in [6.07, 6.45) is 3.56. The second-order valence-corrected chi connectivity index (χ2v) is 4.84. The second kappa shape index (κ2) is 5.39. The van der Waals surface area contributed by atoms with Crippen molar-refractivity contribution in [3.8, 4) is 22.6 Å². The van der Waals surface area contributed by atoms with Crippen molar-refractivity contribution in [2.24, 2.45) is 0 Å². The van der Waals surface area contributed by atoms with Crippen LogP contribution in [0.1, 0.15) is 5.56 Å². The van der Waals surface area contributed by atoms with Gasteiger partial charge < -0.3 is 0 Å². The lowest BCUT2D eigenvalue weighted by molar-refractivity contribution is 1.17. The van der Waals surface area contributed by atoms with Crippen molar-refractivity contribution in [3.63, 3.8) is 0 Å². The Balaban J connectivity index is 2.15. The fourth-order valence-electron chi connectivity index (χ4n) is 2.00. The molecule has 98 valence electrons. The zero-order valence-electron chi connectivity index (χ0n) is 10.9. The lowest BCUT2D eigenvalue weighted by Gasteiger charge is -2.07. The van der Waals surface area contributed by atoms with Crippen molar-refractivity contribution in [2.75, 3.05) is 0 Å². The van der Waals surface area contributed by atoms with Crippen LogP contribution in [-0.2, 0) is 0 Å². The zero-order chi connectivity index (χ0) is 13.9. The normalized spacial score (nSPS) is 10.5. The molecule has 0 bridgehead atoms. The maximum Gasteiger partial charge on any atom is 0.161 e. The number of pyridine rings is 1. The molecule has 0 fully saturated rings. The van der Waals surface area contributed by atoms with Gasteiger partial charge in [-0.3, -0.25) is 4.98 Å². The number of aromatic nitrogens is 3. The van der Waals surface area contributed by atoms with Crippen LogP contribution in [0, 0.1) is 6.92 Å². The van der Waals surface area contributed by atoms with Crippen LogP contribution in [0.3, 0.4) is 0 Å². The lowest BCUT2D eigenvalue weighted by Crippen LogP contribution is -1.94.